The minimum absolute atomic E-state index is 0.238. The van der Waals surface area contributed by atoms with E-state index in [0.29, 0.717) is 16.3 Å². The summed E-state index contributed by atoms with van der Waals surface area (Å²) < 4.78 is 12.3. The highest BCUT2D eigenvalue weighted by molar-refractivity contribution is 6.30. The van der Waals surface area contributed by atoms with Gasteiger partial charge in [0.2, 0.25) is 5.91 Å². The number of carbonyl (C=O) groups is 3. The molecule has 4 heterocycles. The second kappa shape index (κ2) is 10.8. The number of rotatable bonds is 4. The Balaban J connectivity index is 1.50. The van der Waals surface area contributed by atoms with E-state index in [2.05, 4.69) is 0 Å². The highest BCUT2D eigenvalue weighted by Gasteiger charge is 2.72. The first-order valence-electron chi connectivity index (χ1n) is 13.7. The third-order valence-electron chi connectivity index (χ3n) is 8.37. The fourth-order valence-corrected chi connectivity index (χ4v) is 6.70. The van der Waals surface area contributed by atoms with E-state index in [1.165, 1.54) is 4.90 Å². The summed E-state index contributed by atoms with van der Waals surface area (Å²) in [7, 11) is 0. The Morgan fingerprint density at radius 2 is 1.77 bits per heavy atom. The molecule has 2 fully saturated rings. The minimum atomic E-state index is -1.43. The predicted molar refractivity (Wildman–Crippen MR) is 148 cm³/mol. The topological polar surface area (TPSA) is 96.4 Å². The van der Waals surface area contributed by atoms with Crippen LogP contribution in [0.2, 0.25) is 5.02 Å². The molecule has 6 rings (SSSR count). The SMILES string of the molecule is O=C1OCCCC/C=C\[C@@H]2O[C@]34C=CCN(c5ccc(Cl)cc5)C(=O)C3N([C@H](CO)c3ccccc3)C(=O)[C@@H]4[C@H]12. The molecule has 0 radical (unpaired) electrons. The number of allylic oxidation sites excluding steroid dienone is 1. The summed E-state index contributed by atoms with van der Waals surface area (Å²) in [5.41, 5.74) is -0.134. The molecule has 2 amide bonds. The van der Waals surface area contributed by atoms with E-state index >= 15 is 0 Å². The highest BCUT2D eigenvalue weighted by Crippen LogP contribution is 2.55. The van der Waals surface area contributed by atoms with Crippen molar-refractivity contribution in [2.75, 3.05) is 24.7 Å². The van der Waals surface area contributed by atoms with E-state index in [-0.39, 0.29) is 19.1 Å². The molecule has 40 heavy (non-hydrogen) atoms. The van der Waals surface area contributed by atoms with Crippen molar-refractivity contribution in [2.45, 2.75) is 43.1 Å². The number of carbonyl (C=O) groups excluding carboxylic acids is 3. The van der Waals surface area contributed by atoms with Crippen LogP contribution in [0.3, 0.4) is 0 Å². The Hall–Kier alpha value is -3.46. The van der Waals surface area contributed by atoms with Gasteiger partial charge >= 0.3 is 5.97 Å². The van der Waals surface area contributed by atoms with Crippen LogP contribution in [0.4, 0.5) is 5.69 Å². The van der Waals surface area contributed by atoms with Gasteiger partial charge in [-0.25, -0.2) is 0 Å². The zero-order chi connectivity index (χ0) is 27.9. The molecule has 1 N–H and O–H groups in total. The van der Waals surface area contributed by atoms with Crippen molar-refractivity contribution >= 4 is 35.1 Å². The number of likely N-dealkylation sites (tertiary alicyclic amines) is 1. The zero-order valence-corrected chi connectivity index (χ0v) is 22.7. The van der Waals surface area contributed by atoms with Crippen LogP contribution in [0.15, 0.2) is 78.9 Å². The molecule has 0 aliphatic carbocycles. The summed E-state index contributed by atoms with van der Waals surface area (Å²) in [4.78, 5) is 45.6. The number of aliphatic hydroxyl groups is 1. The number of aliphatic hydroxyl groups excluding tert-OH is 1. The molecule has 1 unspecified atom stereocenters. The van der Waals surface area contributed by atoms with Crippen LogP contribution >= 0.6 is 11.6 Å². The van der Waals surface area contributed by atoms with Crippen LogP contribution in [0.5, 0.6) is 0 Å². The normalized spacial score (nSPS) is 31.6. The Bertz CT molecular complexity index is 1350. The molecule has 6 atom stereocenters. The first kappa shape index (κ1) is 26.7. The first-order valence-corrected chi connectivity index (χ1v) is 14.1. The predicted octanol–water partition coefficient (Wildman–Crippen LogP) is 3.84. The van der Waals surface area contributed by atoms with E-state index in [1.807, 2.05) is 48.6 Å². The molecule has 4 aliphatic heterocycles. The van der Waals surface area contributed by atoms with Crippen molar-refractivity contribution < 1.29 is 29.0 Å². The van der Waals surface area contributed by atoms with Gasteiger partial charge in [0.05, 0.1) is 31.3 Å². The van der Waals surface area contributed by atoms with E-state index < -0.39 is 54.1 Å². The zero-order valence-electron chi connectivity index (χ0n) is 21.9. The molecule has 4 aliphatic rings. The van der Waals surface area contributed by atoms with Gasteiger partial charge in [-0.3, -0.25) is 14.4 Å². The monoisotopic (exact) mass is 562 g/mol. The summed E-state index contributed by atoms with van der Waals surface area (Å²) >= 11 is 6.12. The summed E-state index contributed by atoms with van der Waals surface area (Å²) in [6.07, 6.45) is 9.07. The fourth-order valence-electron chi connectivity index (χ4n) is 6.57. The number of hydrogen-bond acceptors (Lipinski definition) is 6. The molecule has 208 valence electrons. The fraction of sp³-hybridized carbons (Fsp3) is 0.387. The molecule has 0 aromatic heterocycles. The summed E-state index contributed by atoms with van der Waals surface area (Å²) in [6, 6.07) is 14.1. The number of cyclic esters (lactones) is 1. The number of hydrogen-bond donors (Lipinski definition) is 1. The molecule has 1 spiro atoms. The van der Waals surface area contributed by atoms with Gasteiger partial charge in [-0.2, -0.15) is 0 Å². The van der Waals surface area contributed by atoms with Gasteiger partial charge in [0, 0.05) is 17.3 Å². The lowest BCUT2D eigenvalue weighted by Gasteiger charge is -2.38. The van der Waals surface area contributed by atoms with Crippen molar-refractivity contribution in [3.63, 3.8) is 0 Å². The number of nitrogens with zero attached hydrogens (tertiary/aromatic N) is 2. The van der Waals surface area contributed by atoms with E-state index in [1.54, 1.807) is 35.2 Å². The first-order chi connectivity index (χ1) is 19.5. The lowest BCUT2D eigenvalue weighted by molar-refractivity contribution is -0.155. The molecule has 2 saturated heterocycles. The largest absolute Gasteiger partial charge is 0.465 e. The van der Waals surface area contributed by atoms with Crippen molar-refractivity contribution in [2.24, 2.45) is 11.8 Å². The second-order valence-electron chi connectivity index (χ2n) is 10.6. The maximum atomic E-state index is 14.6. The maximum absolute atomic E-state index is 14.6. The summed E-state index contributed by atoms with van der Waals surface area (Å²) in [5.74, 6) is -3.21. The van der Waals surface area contributed by atoms with Gasteiger partial charge in [0.25, 0.3) is 5.91 Å². The minimum Gasteiger partial charge on any atom is -0.465 e. The standard InChI is InChI=1S/C31H31ClN2O6/c32-21-12-14-22(15-13-21)33-17-8-16-31-26(25-24(40-31)11-6-1-2-7-18-39-30(25)38)28(36)34(27(31)29(33)37)23(19-35)20-9-4-3-5-10-20/h3-6,8-16,23-27,35H,1-2,7,17-19H2/b11-6-/t23-,24+,25-,26+,27?,31+/m1/s1. The Morgan fingerprint density at radius 1 is 1.00 bits per heavy atom. The van der Waals surface area contributed by atoms with Gasteiger partial charge in [-0.15, -0.1) is 0 Å². The van der Waals surface area contributed by atoms with Gasteiger partial charge in [-0.1, -0.05) is 66.2 Å². The van der Waals surface area contributed by atoms with Crippen LogP contribution in [-0.2, 0) is 23.9 Å². The van der Waals surface area contributed by atoms with Gasteiger partial charge in [-0.05, 0) is 49.1 Å². The third kappa shape index (κ3) is 4.35. The van der Waals surface area contributed by atoms with Gasteiger partial charge < -0.3 is 24.4 Å². The van der Waals surface area contributed by atoms with E-state index in [4.69, 9.17) is 21.1 Å². The van der Waals surface area contributed by atoms with Crippen LogP contribution in [0.25, 0.3) is 0 Å². The molecular weight excluding hydrogens is 532 g/mol. The molecule has 2 aromatic rings. The molecular formula is C31H31ClN2O6. The Morgan fingerprint density at radius 3 is 2.52 bits per heavy atom. The second-order valence-corrected chi connectivity index (χ2v) is 11.1. The van der Waals surface area contributed by atoms with Crippen LogP contribution < -0.4 is 4.90 Å². The van der Waals surface area contributed by atoms with Crippen LogP contribution in [0, 0.1) is 11.8 Å². The number of anilines is 1. The third-order valence-corrected chi connectivity index (χ3v) is 8.62. The average Bonchev–Trinajstić information content (AvgIpc) is 3.35. The van der Waals surface area contributed by atoms with Gasteiger partial charge in [0.15, 0.2) is 0 Å². The number of benzene rings is 2. The number of amides is 2. The molecule has 0 bridgehead atoms. The maximum Gasteiger partial charge on any atom is 0.312 e. The van der Waals surface area contributed by atoms with Crippen LogP contribution in [-0.4, -0.2) is 65.3 Å². The van der Waals surface area contributed by atoms with E-state index in [0.717, 1.165) is 19.3 Å². The quantitative estimate of drug-likeness (QED) is 0.449. The lowest BCUT2D eigenvalue weighted by atomic mass is 9.78. The summed E-state index contributed by atoms with van der Waals surface area (Å²) in [5, 5.41) is 11.2. The van der Waals surface area contributed by atoms with Crippen molar-refractivity contribution in [3.05, 3.63) is 89.5 Å². The number of fused-ring (bicyclic) bond motifs is 2. The molecule has 0 saturated carbocycles. The number of ether oxygens (including phenoxy) is 2. The molecule has 8 nitrogen and oxygen atoms in total. The highest BCUT2D eigenvalue weighted by atomic mass is 35.5. The van der Waals surface area contributed by atoms with Crippen molar-refractivity contribution in [1.29, 1.82) is 0 Å². The Kier molecular flexibility index (Phi) is 7.25. The van der Waals surface area contributed by atoms with Crippen molar-refractivity contribution in [1.82, 2.24) is 4.90 Å². The smallest absolute Gasteiger partial charge is 0.312 e. The average molecular weight is 563 g/mol. The molecule has 9 heteroatoms. The van der Waals surface area contributed by atoms with E-state index in [9.17, 15) is 19.5 Å². The van der Waals surface area contributed by atoms with Crippen molar-refractivity contribution in [3.8, 4) is 0 Å². The van der Waals surface area contributed by atoms with Crippen LogP contribution in [0.1, 0.15) is 30.9 Å². The van der Waals surface area contributed by atoms with Gasteiger partial charge in [0.1, 0.15) is 17.6 Å². The number of esters is 1. The lowest BCUT2D eigenvalue weighted by Crippen LogP contribution is -2.56. The number of halogens is 1. The Labute approximate surface area is 237 Å². The molecule has 2 aromatic carbocycles. The summed E-state index contributed by atoms with van der Waals surface area (Å²) in [6.45, 7) is 0.0896.